The van der Waals surface area contributed by atoms with Crippen LogP contribution in [-0.2, 0) is 9.53 Å². The standard InChI is InChI=1S/C18H33NO2.ClH/c1-3-8-17(16-10-4-5-11-16)18(20)21-14-7-13-19-12-6-9-15(19)2;/h15-17H,3-14H2,1-2H3;1H. The van der Waals surface area contributed by atoms with Crippen molar-refractivity contribution >= 4 is 18.4 Å². The van der Waals surface area contributed by atoms with E-state index in [1.54, 1.807) is 0 Å². The van der Waals surface area contributed by atoms with E-state index >= 15 is 0 Å². The van der Waals surface area contributed by atoms with Crippen LogP contribution in [0.2, 0.25) is 0 Å². The molecule has 0 radical (unpaired) electrons. The second-order valence-electron chi connectivity index (χ2n) is 6.99. The van der Waals surface area contributed by atoms with Gasteiger partial charge in [-0.2, -0.15) is 0 Å². The molecule has 22 heavy (non-hydrogen) atoms. The van der Waals surface area contributed by atoms with Gasteiger partial charge in [-0.25, -0.2) is 0 Å². The van der Waals surface area contributed by atoms with E-state index in [9.17, 15) is 4.79 Å². The van der Waals surface area contributed by atoms with Crippen molar-refractivity contribution in [2.24, 2.45) is 11.8 Å². The second kappa shape index (κ2) is 10.5. The first kappa shape index (κ1) is 19.8. The van der Waals surface area contributed by atoms with E-state index in [2.05, 4.69) is 18.7 Å². The minimum absolute atomic E-state index is 0. The third kappa shape index (κ3) is 5.73. The van der Waals surface area contributed by atoms with Gasteiger partial charge in [-0.05, 0) is 57.9 Å². The Balaban J connectivity index is 0.00000242. The molecule has 4 heteroatoms. The van der Waals surface area contributed by atoms with E-state index in [0.29, 0.717) is 18.6 Å². The number of hydrogen-bond donors (Lipinski definition) is 0. The lowest BCUT2D eigenvalue weighted by Crippen LogP contribution is -2.29. The second-order valence-corrected chi connectivity index (χ2v) is 6.99. The van der Waals surface area contributed by atoms with Crippen LogP contribution in [0.25, 0.3) is 0 Å². The van der Waals surface area contributed by atoms with E-state index < -0.39 is 0 Å². The number of likely N-dealkylation sites (tertiary alicyclic amines) is 1. The Hall–Kier alpha value is -0.280. The zero-order valence-electron chi connectivity index (χ0n) is 14.4. The number of ether oxygens (including phenoxy) is 1. The van der Waals surface area contributed by atoms with Crippen LogP contribution in [0.15, 0.2) is 0 Å². The van der Waals surface area contributed by atoms with Crippen LogP contribution in [0.1, 0.15) is 71.6 Å². The summed E-state index contributed by atoms with van der Waals surface area (Å²) in [5.41, 5.74) is 0. The zero-order valence-corrected chi connectivity index (χ0v) is 15.2. The van der Waals surface area contributed by atoms with Gasteiger partial charge in [0.1, 0.15) is 0 Å². The predicted molar refractivity (Wildman–Crippen MR) is 93.4 cm³/mol. The average molecular weight is 332 g/mol. The van der Waals surface area contributed by atoms with Gasteiger partial charge in [-0.15, -0.1) is 12.4 Å². The minimum Gasteiger partial charge on any atom is -0.465 e. The molecule has 2 aliphatic rings. The fourth-order valence-corrected chi connectivity index (χ4v) is 4.09. The molecule has 1 saturated heterocycles. The van der Waals surface area contributed by atoms with Gasteiger partial charge < -0.3 is 9.64 Å². The molecule has 2 unspecified atom stereocenters. The maximum absolute atomic E-state index is 12.3. The molecule has 2 rings (SSSR count). The molecule has 0 aromatic heterocycles. The first-order chi connectivity index (χ1) is 10.2. The first-order valence-electron chi connectivity index (χ1n) is 9.13. The number of carbonyl (C=O) groups is 1. The van der Waals surface area contributed by atoms with Gasteiger partial charge in [0, 0.05) is 12.6 Å². The molecule has 0 bridgehead atoms. The number of carbonyl (C=O) groups excluding carboxylic acids is 1. The van der Waals surface area contributed by atoms with Crippen molar-refractivity contribution in [2.75, 3.05) is 19.7 Å². The lowest BCUT2D eigenvalue weighted by atomic mass is 9.87. The average Bonchev–Trinajstić information content (AvgIpc) is 3.13. The molecule has 130 valence electrons. The molecule has 1 heterocycles. The SMILES string of the molecule is CCCC(C(=O)OCCCN1CCCC1C)C1CCCC1.Cl. The van der Waals surface area contributed by atoms with Gasteiger partial charge in [0.2, 0.25) is 0 Å². The summed E-state index contributed by atoms with van der Waals surface area (Å²) in [5.74, 6) is 0.845. The summed E-state index contributed by atoms with van der Waals surface area (Å²) >= 11 is 0. The van der Waals surface area contributed by atoms with Gasteiger partial charge in [0.25, 0.3) is 0 Å². The molecule has 1 aliphatic carbocycles. The molecule has 3 nitrogen and oxygen atoms in total. The Morgan fingerprint density at radius 3 is 2.55 bits per heavy atom. The van der Waals surface area contributed by atoms with Crippen LogP contribution in [0.5, 0.6) is 0 Å². The molecular formula is C18H34ClNO2. The predicted octanol–water partition coefficient (Wildman–Crippen LogP) is 4.43. The summed E-state index contributed by atoms with van der Waals surface area (Å²) in [7, 11) is 0. The largest absolute Gasteiger partial charge is 0.465 e. The lowest BCUT2D eigenvalue weighted by Gasteiger charge is -2.23. The summed E-state index contributed by atoms with van der Waals surface area (Å²) in [4.78, 5) is 14.9. The molecule has 0 spiro atoms. The smallest absolute Gasteiger partial charge is 0.309 e. The van der Waals surface area contributed by atoms with Crippen molar-refractivity contribution in [1.29, 1.82) is 0 Å². The zero-order chi connectivity index (χ0) is 15.1. The molecule has 0 N–H and O–H groups in total. The minimum atomic E-state index is 0. The molecular weight excluding hydrogens is 298 g/mol. The van der Waals surface area contributed by atoms with Gasteiger partial charge in [0.05, 0.1) is 12.5 Å². The monoisotopic (exact) mass is 331 g/mol. The molecule has 0 aromatic carbocycles. The Bertz CT molecular complexity index is 318. The highest BCUT2D eigenvalue weighted by atomic mass is 35.5. The lowest BCUT2D eigenvalue weighted by molar-refractivity contribution is -0.151. The van der Waals surface area contributed by atoms with Gasteiger partial charge >= 0.3 is 5.97 Å². The van der Waals surface area contributed by atoms with E-state index in [0.717, 1.165) is 25.8 Å². The summed E-state index contributed by atoms with van der Waals surface area (Å²) in [6, 6.07) is 0.715. The maximum atomic E-state index is 12.3. The fourth-order valence-electron chi connectivity index (χ4n) is 4.09. The molecule has 0 aromatic rings. The Morgan fingerprint density at radius 2 is 1.95 bits per heavy atom. The normalized spacial score (nSPS) is 24.2. The van der Waals surface area contributed by atoms with Crippen molar-refractivity contribution < 1.29 is 9.53 Å². The van der Waals surface area contributed by atoms with Crippen molar-refractivity contribution in [3.63, 3.8) is 0 Å². The van der Waals surface area contributed by atoms with E-state index in [-0.39, 0.29) is 24.3 Å². The summed E-state index contributed by atoms with van der Waals surface area (Å²) in [6.07, 6.45) is 10.8. The van der Waals surface area contributed by atoms with Crippen molar-refractivity contribution in [3.8, 4) is 0 Å². The summed E-state index contributed by atoms with van der Waals surface area (Å²) in [6.45, 7) is 7.38. The van der Waals surface area contributed by atoms with Crippen LogP contribution >= 0.6 is 12.4 Å². The topological polar surface area (TPSA) is 29.5 Å². The number of halogens is 1. The Morgan fingerprint density at radius 1 is 1.23 bits per heavy atom. The molecule has 0 amide bonds. The van der Waals surface area contributed by atoms with E-state index in [1.807, 2.05) is 0 Å². The summed E-state index contributed by atoms with van der Waals surface area (Å²) in [5, 5.41) is 0. The highest BCUT2D eigenvalue weighted by molar-refractivity contribution is 5.85. The molecule has 1 saturated carbocycles. The van der Waals surface area contributed by atoms with Gasteiger partial charge in [0.15, 0.2) is 0 Å². The van der Waals surface area contributed by atoms with Crippen LogP contribution in [0, 0.1) is 11.8 Å². The Labute approximate surface area is 142 Å². The quantitative estimate of drug-likeness (QED) is 0.486. The van der Waals surface area contributed by atoms with E-state index in [4.69, 9.17) is 4.74 Å². The van der Waals surface area contributed by atoms with Crippen LogP contribution in [0.3, 0.4) is 0 Å². The van der Waals surface area contributed by atoms with E-state index in [1.165, 1.54) is 45.1 Å². The highest BCUT2D eigenvalue weighted by Crippen LogP contribution is 2.34. The van der Waals surface area contributed by atoms with Crippen molar-refractivity contribution in [3.05, 3.63) is 0 Å². The molecule has 2 fully saturated rings. The number of nitrogens with zero attached hydrogens (tertiary/aromatic N) is 1. The van der Waals surface area contributed by atoms with Gasteiger partial charge in [-0.1, -0.05) is 26.2 Å². The summed E-state index contributed by atoms with van der Waals surface area (Å²) < 4.78 is 5.60. The third-order valence-electron chi connectivity index (χ3n) is 5.40. The molecule has 1 aliphatic heterocycles. The molecule has 2 atom stereocenters. The highest BCUT2D eigenvalue weighted by Gasteiger charge is 2.31. The maximum Gasteiger partial charge on any atom is 0.309 e. The Kier molecular flexibility index (Phi) is 9.42. The number of esters is 1. The number of hydrogen-bond acceptors (Lipinski definition) is 3. The van der Waals surface area contributed by atoms with Crippen LogP contribution in [-0.4, -0.2) is 36.6 Å². The van der Waals surface area contributed by atoms with Gasteiger partial charge in [-0.3, -0.25) is 4.79 Å². The fraction of sp³-hybridized carbons (Fsp3) is 0.944. The third-order valence-corrected chi connectivity index (χ3v) is 5.40. The van der Waals surface area contributed by atoms with Crippen molar-refractivity contribution in [1.82, 2.24) is 4.90 Å². The van der Waals surface area contributed by atoms with Crippen molar-refractivity contribution in [2.45, 2.75) is 77.7 Å². The van der Waals surface area contributed by atoms with Crippen LogP contribution in [0.4, 0.5) is 0 Å². The van der Waals surface area contributed by atoms with Crippen LogP contribution < -0.4 is 0 Å². The first-order valence-corrected chi connectivity index (χ1v) is 9.13. The number of rotatable bonds is 8.